The lowest BCUT2D eigenvalue weighted by atomic mass is 9.85. The van der Waals surface area contributed by atoms with E-state index in [0.717, 1.165) is 16.7 Å². The van der Waals surface area contributed by atoms with Crippen LogP contribution in [0.1, 0.15) is 28.7 Å². The van der Waals surface area contributed by atoms with Crippen molar-refractivity contribution in [1.29, 1.82) is 0 Å². The third-order valence-electron chi connectivity index (χ3n) is 5.22. The summed E-state index contributed by atoms with van der Waals surface area (Å²) in [5, 5.41) is 0. The Morgan fingerprint density at radius 3 is 2.60 bits per heavy atom. The first-order valence-electron chi connectivity index (χ1n) is 9.64. The summed E-state index contributed by atoms with van der Waals surface area (Å²) in [6.45, 7) is 0.859. The minimum absolute atomic E-state index is 0.0485. The largest absolute Gasteiger partial charge is 0.404 e. The number of fused-ring (bicyclic) bond motifs is 1. The third-order valence-corrected chi connectivity index (χ3v) is 5.22. The van der Waals surface area contributed by atoms with E-state index in [1.807, 2.05) is 24.3 Å². The zero-order valence-corrected chi connectivity index (χ0v) is 16.8. The van der Waals surface area contributed by atoms with E-state index in [4.69, 9.17) is 17.2 Å². The predicted octanol–water partition coefficient (Wildman–Crippen LogP) is 2.34. The van der Waals surface area contributed by atoms with Crippen LogP contribution in [-0.4, -0.2) is 30.6 Å². The quantitative estimate of drug-likeness (QED) is 0.522. The fourth-order valence-corrected chi connectivity index (χ4v) is 3.67. The maximum absolute atomic E-state index is 13.1. The fourth-order valence-electron chi connectivity index (χ4n) is 3.67. The van der Waals surface area contributed by atoms with Gasteiger partial charge in [0.15, 0.2) is 0 Å². The highest BCUT2D eigenvalue weighted by molar-refractivity contribution is 5.93. The Kier molecular flexibility index (Phi) is 6.64. The maximum Gasteiger partial charge on any atom is 0.269 e. The lowest BCUT2D eigenvalue weighted by Gasteiger charge is -2.35. The maximum atomic E-state index is 13.1. The van der Waals surface area contributed by atoms with Crippen LogP contribution in [0.25, 0.3) is 0 Å². The number of carbonyl (C=O) groups excluding carboxylic acids is 1. The molecule has 2 aromatic carbocycles. The van der Waals surface area contributed by atoms with Gasteiger partial charge in [0.05, 0.1) is 11.7 Å². The first-order chi connectivity index (χ1) is 14.4. The van der Waals surface area contributed by atoms with Crippen LogP contribution < -0.4 is 17.2 Å². The Morgan fingerprint density at radius 1 is 1.23 bits per heavy atom. The van der Waals surface area contributed by atoms with Gasteiger partial charge < -0.3 is 22.1 Å². The highest BCUT2D eigenvalue weighted by Crippen LogP contribution is 2.33. The van der Waals surface area contributed by atoms with E-state index in [0.29, 0.717) is 18.7 Å². The van der Waals surface area contributed by atoms with Crippen molar-refractivity contribution in [2.45, 2.75) is 18.5 Å². The predicted molar refractivity (Wildman–Crippen MR) is 117 cm³/mol. The van der Waals surface area contributed by atoms with Gasteiger partial charge in [-0.2, -0.15) is 0 Å². The van der Waals surface area contributed by atoms with E-state index in [9.17, 15) is 9.18 Å². The van der Waals surface area contributed by atoms with Crippen molar-refractivity contribution in [1.82, 2.24) is 4.90 Å². The highest BCUT2D eigenvalue weighted by Gasteiger charge is 2.30. The molecule has 30 heavy (non-hydrogen) atoms. The van der Waals surface area contributed by atoms with Crippen LogP contribution in [0.2, 0.25) is 0 Å². The molecule has 2 unspecified atom stereocenters. The van der Waals surface area contributed by atoms with E-state index < -0.39 is 6.04 Å². The summed E-state index contributed by atoms with van der Waals surface area (Å²) in [5.74, 6) is -0.764. The Bertz CT molecular complexity index is 997. The molecule has 0 aliphatic carbocycles. The van der Waals surface area contributed by atoms with Crippen molar-refractivity contribution in [3.8, 4) is 0 Å². The average Bonchev–Trinajstić information content (AvgIpc) is 2.76. The van der Waals surface area contributed by atoms with Crippen molar-refractivity contribution in [2.75, 3.05) is 13.6 Å². The molecule has 1 heterocycles. The van der Waals surface area contributed by atoms with Crippen molar-refractivity contribution >= 4 is 12.1 Å². The molecule has 3 rings (SSSR count). The normalized spacial score (nSPS) is 18.4. The molecule has 156 valence electrons. The standard InChI is InChI=1S/C23H26FN5O/c1-28-12-17(11-25)20-14-29(13-16-4-2-3-5-19(16)20)23(30)22(27)10-21(26)15-6-8-18(24)9-7-15/h2-12,20-21H,13-14,25-27H2,1H3/b17-11?,22-10-,28-12?. The van der Waals surface area contributed by atoms with Crippen molar-refractivity contribution in [3.05, 3.63) is 94.6 Å². The Balaban J connectivity index is 1.86. The highest BCUT2D eigenvalue weighted by atomic mass is 19.1. The van der Waals surface area contributed by atoms with Gasteiger partial charge in [0.25, 0.3) is 5.91 Å². The lowest BCUT2D eigenvalue weighted by molar-refractivity contribution is -0.128. The Hall–Kier alpha value is -3.45. The van der Waals surface area contributed by atoms with Crippen LogP contribution >= 0.6 is 0 Å². The number of benzene rings is 2. The van der Waals surface area contributed by atoms with Crippen LogP contribution in [-0.2, 0) is 11.3 Å². The molecule has 1 aliphatic heterocycles. The first kappa shape index (κ1) is 21.3. The van der Waals surface area contributed by atoms with Gasteiger partial charge in [0, 0.05) is 32.3 Å². The van der Waals surface area contributed by atoms with Crippen LogP contribution in [0.15, 0.2) is 77.1 Å². The first-order valence-corrected chi connectivity index (χ1v) is 9.64. The van der Waals surface area contributed by atoms with Crippen molar-refractivity contribution in [3.63, 3.8) is 0 Å². The van der Waals surface area contributed by atoms with Gasteiger partial charge in [-0.3, -0.25) is 9.79 Å². The van der Waals surface area contributed by atoms with Crippen LogP contribution in [0.3, 0.4) is 0 Å². The molecule has 6 N–H and O–H groups in total. The van der Waals surface area contributed by atoms with Gasteiger partial charge in [0.2, 0.25) is 0 Å². The van der Waals surface area contributed by atoms with Gasteiger partial charge in [-0.15, -0.1) is 0 Å². The number of nitrogens with two attached hydrogens (primary N) is 3. The molecule has 1 aliphatic rings. The molecule has 0 aromatic heterocycles. The number of nitrogens with zero attached hydrogens (tertiary/aromatic N) is 2. The second-order valence-corrected chi connectivity index (χ2v) is 7.19. The van der Waals surface area contributed by atoms with Crippen molar-refractivity contribution in [2.24, 2.45) is 22.2 Å². The minimum Gasteiger partial charge on any atom is -0.404 e. The Morgan fingerprint density at radius 2 is 1.93 bits per heavy atom. The number of rotatable bonds is 5. The summed E-state index contributed by atoms with van der Waals surface area (Å²) in [6, 6.07) is 13.1. The van der Waals surface area contributed by atoms with E-state index >= 15 is 0 Å². The smallest absolute Gasteiger partial charge is 0.269 e. The third kappa shape index (κ3) is 4.58. The van der Waals surface area contributed by atoms with Crippen LogP contribution in [0, 0.1) is 5.82 Å². The second kappa shape index (κ2) is 9.37. The zero-order chi connectivity index (χ0) is 21.7. The minimum atomic E-state index is -0.617. The molecule has 0 radical (unpaired) electrons. The summed E-state index contributed by atoms with van der Waals surface area (Å²) in [5.41, 5.74) is 21.8. The zero-order valence-electron chi connectivity index (χ0n) is 16.8. The molecular formula is C23H26FN5O. The molecule has 1 amide bonds. The number of hydrogen-bond donors (Lipinski definition) is 3. The SMILES string of the molecule is CN=CC(=CN)C1CN(C(=O)/C(N)=C/C(N)c2ccc(F)cc2)Cc2ccccc21. The van der Waals surface area contributed by atoms with Gasteiger partial charge in [0.1, 0.15) is 5.82 Å². The molecule has 7 heteroatoms. The monoisotopic (exact) mass is 407 g/mol. The number of carbonyl (C=O) groups is 1. The van der Waals surface area contributed by atoms with E-state index in [2.05, 4.69) is 4.99 Å². The van der Waals surface area contributed by atoms with Crippen LogP contribution in [0.5, 0.6) is 0 Å². The lowest BCUT2D eigenvalue weighted by Crippen LogP contribution is -2.41. The molecule has 2 aromatic rings. The molecule has 0 saturated heterocycles. The summed E-state index contributed by atoms with van der Waals surface area (Å²) >= 11 is 0. The molecule has 6 nitrogen and oxygen atoms in total. The topological polar surface area (TPSA) is 111 Å². The summed E-state index contributed by atoms with van der Waals surface area (Å²) in [6.07, 6.45) is 4.73. The van der Waals surface area contributed by atoms with E-state index in [1.54, 1.807) is 30.3 Å². The average molecular weight is 407 g/mol. The number of hydrogen-bond acceptors (Lipinski definition) is 5. The van der Waals surface area contributed by atoms with Gasteiger partial charge >= 0.3 is 0 Å². The molecular weight excluding hydrogens is 381 g/mol. The number of halogens is 1. The molecule has 0 saturated carbocycles. The van der Waals surface area contributed by atoms with E-state index in [-0.39, 0.29) is 23.3 Å². The van der Waals surface area contributed by atoms with Crippen LogP contribution in [0.4, 0.5) is 4.39 Å². The van der Waals surface area contributed by atoms with Crippen molar-refractivity contribution < 1.29 is 9.18 Å². The van der Waals surface area contributed by atoms with Gasteiger partial charge in [-0.1, -0.05) is 36.4 Å². The number of amides is 1. The summed E-state index contributed by atoms with van der Waals surface area (Å²) < 4.78 is 13.1. The van der Waals surface area contributed by atoms with Gasteiger partial charge in [-0.05, 0) is 46.7 Å². The molecule has 0 spiro atoms. The Labute approximate surface area is 175 Å². The van der Waals surface area contributed by atoms with Gasteiger partial charge in [-0.25, -0.2) is 4.39 Å². The number of aliphatic imine (C=N–C) groups is 1. The second-order valence-electron chi connectivity index (χ2n) is 7.19. The summed E-state index contributed by atoms with van der Waals surface area (Å²) in [7, 11) is 1.68. The van der Waals surface area contributed by atoms with E-state index in [1.165, 1.54) is 24.4 Å². The molecule has 0 bridgehead atoms. The summed E-state index contributed by atoms with van der Waals surface area (Å²) in [4.78, 5) is 18.8. The molecule has 0 fully saturated rings. The molecule has 2 atom stereocenters. The fraction of sp³-hybridized carbons (Fsp3) is 0.217.